The molecule has 4 rings (SSSR count). The number of carbonyl (C=O) groups excluding carboxylic acids is 1. The summed E-state index contributed by atoms with van der Waals surface area (Å²) in [5, 5.41) is 13.4. The first kappa shape index (κ1) is 23.5. The van der Waals surface area contributed by atoms with Crippen LogP contribution in [0.2, 0.25) is 0 Å². The van der Waals surface area contributed by atoms with Gasteiger partial charge in [0.25, 0.3) is 11.2 Å². The lowest BCUT2D eigenvalue weighted by Gasteiger charge is -2.11. The van der Waals surface area contributed by atoms with Crippen LogP contribution >= 0.6 is 11.3 Å². The van der Waals surface area contributed by atoms with E-state index in [4.69, 9.17) is 0 Å². The fraction of sp³-hybridized carbons (Fsp3) is 0.130. The van der Waals surface area contributed by atoms with Crippen molar-refractivity contribution in [1.82, 2.24) is 4.57 Å². The molecule has 0 N–H and O–H groups in total. The second kappa shape index (κ2) is 8.92. The number of rotatable bonds is 7. The van der Waals surface area contributed by atoms with E-state index >= 15 is 0 Å². The van der Waals surface area contributed by atoms with Crippen molar-refractivity contribution in [2.75, 3.05) is 5.75 Å². The summed E-state index contributed by atoms with van der Waals surface area (Å²) in [6.45, 7) is 1.74. The molecule has 0 aliphatic rings. The zero-order valence-electron chi connectivity index (χ0n) is 17.7. The van der Waals surface area contributed by atoms with Crippen LogP contribution < -0.4 is 5.56 Å². The summed E-state index contributed by atoms with van der Waals surface area (Å²) >= 11 is 1.01. The van der Waals surface area contributed by atoms with Crippen LogP contribution in [0.3, 0.4) is 0 Å². The Morgan fingerprint density at radius 1 is 1.15 bits per heavy atom. The molecule has 0 saturated heterocycles. The first-order valence-electron chi connectivity index (χ1n) is 9.94. The van der Waals surface area contributed by atoms with Gasteiger partial charge in [0.05, 0.1) is 27.6 Å². The number of benzene rings is 2. The van der Waals surface area contributed by atoms with E-state index in [-0.39, 0.29) is 38.3 Å². The minimum Gasteiger partial charge on any atom is -0.298 e. The molecule has 0 spiro atoms. The molecule has 174 valence electrons. The number of aromatic nitrogens is 1. The molecule has 2 aromatic carbocycles. The number of sulfone groups is 1. The molecule has 2 aromatic heterocycles. The number of Topliss-reactive ketones (excluding diaryl/α,β-unsaturated/α-hetero) is 1. The van der Waals surface area contributed by atoms with Crippen LogP contribution in [0.5, 0.6) is 0 Å². The lowest BCUT2D eigenvalue weighted by Crippen LogP contribution is -2.20. The summed E-state index contributed by atoms with van der Waals surface area (Å²) in [7, 11) is -3.77. The van der Waals surface area contributed by atoms with Crippen molar-refractivity contribution >= 4 is 43.4 Å². The van der Waals surface area contributed by atoms with Crippen LogP contribution in [-0.4, -0.2) is 29.4 Å². The van der Waals surface area contributed by atoms with Gasteiger partial charge in [-0.3, -0.25) is 24.3 Å². The van der Waals surface area contributed by atoms with Crippen molar-refractivity contribution in [3.63, 3.8) is 0 Å². The molecule has 0 fully saturated rings. The highest BCUT2D eigenvalue weighted by molar-refractivity contribution is 7.94. The topological polar surface area (TPSA) is 116 Å². The second-order valence-electron chi connectivity index (χ2n) is 7.69. The lowest BCUT2D eigenvalue weighted by molar-refractivity contribution is -0.383. The minimum atomic E-state index is -3.77. The van der Waals surface area contributed by atoms with Crippen molar-refractivity contribution in [3.8, 4) is 5.69 Å². The van der Waals surface area contributed by atoms with E-state index in [2.05, 4.69) is 0 Å². The van der Waals surface area contributed by atoms with Crippen molar-refractivity contribution in [2.45, 2.75) is 17.6 Å². The van der Waals surface area contributed by atoms with Gasteiger partial charge in [-0.1, -0.05) is 23.8 Å². The number of hydrogen-bond donors (Lipinski definition) is 0. The van der Waals surface area contributed by atoms with Gasteiger partial charge >= 0.3 is 0 Å². The average Bonchev–Trinajstić information content (AvgIpc) is 3.30. The van der Waals surface area contributed by atoms with Gasteiger partial charge in [0.15, 0.2) is 15.6 Å². The maximum Gasteiger partial charge on any atom is 0.293 e. The fourth-order valence-electron chi connectivity index (χ4n) is 3.62. The third kappa shape index (κ3) is 4.52. The molecular weight excluding hydrogens is 483 g/mol. The van der Waals surface area contributed by atoms with E-state index < -0.39 is 37.7 Å². The van der Waals surface area contributed by atoms with E-state index in [9.17, 15) is 32.5 Å². The van der Waals surface area contributed by atoms with E-state index in [0.29, 0.717) is 0 Å². The van der Waals surface area contributed by atoms with Gasteiger partial charge < -0.3 is 0 Å². The van der Waals surface area contributed by atoms with Gasteiger partial charge in [-0.15, -0.1) is 11.3 Å². The minimum absolute atomic E-state index is 0.0669. The average molecular weight is 501 g/mol. The summed E-state index contributed by atoms with van der Waals surface area (Å²) in [5.41, 5.74) is -0.264. The lowest BCUT2D eigenvalue weighted by atomic mass is 10.1. The standard InChI is InChI=1S/C23H17FN2O6S2/c1-14-4-6-17-18(9-14)21(26(29)30)12-25(23(17)28)20-7-5-15(11-19(20)24)10-16(27)13-34(31,32)22-3-2-8-33-22/h2-9,11-12H,10,13H2,1H3. The Kier molecular flexibility index (Phi) is 6.15. The second-order valence-corrected chi connectivity index (χ2v) is 10.9. The zero-order chi connectivity index (χ0) is 24.6. The predicted molar refractivity (Wildman–Crippen MR) is 126 cm³/mol. The molecule has 11 heteroatoms. The number of aryl methyl sites for hydroxylation is 1. The van der Waals surface area contributed by atoms with Gasteiger partial charge in [-0.25, -0.2) is 12.8 Å². The van der Waals surface area contributed by atoms with Gasteiger partial charge in [0.1, 0.15) is 15.8 Å². The Labute approximate surface area is 197 Å². The molecule has 0 atom stereocenters. The molecule has 0 saturated carbocycles. The number of fused-ring (bicyclic) bond motifs is 1. The van der Waals surface area contributed by atoms with Gasteiger partial charge in [-0.05, 0) is 48.2 Å². The number of nitrogens with zero attached hydrogens (tertiary/aromatic N) is 2. The van der Waals surface area contributed by atoms with E-state index in [1.54, 1.807) is 24.4 Å². The molecule has 0 radical (unpaired) electrons. The quantitative estimate of drug-likeness (QED) is 0.280. The predicted octanol–water partition coefficient (Wildman–Crippen LogP) is 3.99. The molecule has 0 aliphatic carbocycles. The van der Waals surface area contributed by atoms with Crippen LogP contribution in [-0.2, 0) is 21.1 Å². The Bertz CT molecular complexity index is 1610. The molecule has 2 heterocycles. The first-order valence-corrected chi connectivity index (χ1v) is 12.5. The molecule has 0 aliphatic heterocycles. The maximum atomic E-state index is 15.0. The molecule has 0 amide bonds. The molecule has 34 heavy (non-hydrogen) atoms. The highest BCUT2D eigenvalue weighted by Crippen LogP contribution is 2.26. The van der Waals surface area contributed by atoms with Crippen LogP contribution in [0.25, 0.3) is 16.5 Å². The molecule has 0 unspecified atom stereocenters. The summed E-state index contributed by atoms with van der Waals surface area (Å²) < 4.78 is 40.5. The number of nitro groups is 1. The summed E-state index contributed by atoms with van der Waals surface area (Å²) in [4.78, 5) is 36.2. The van der Waals surface area contributed by atoms with Gasteiger partial charge in [0.2, 0.25) is 0 Å². The largest absolute Gasteiger partial charge is 0.298 e. The van der Waals surface area contributed by atoms with Gasteiger partial charge in [-0.2, -0.15) is 0 Å². The normalized spacial score (nSPS) is 11.6. The fourth-order valence-corrected chi connectivity index (χ4v) is 5.95. The molecule has 0 bridgehead atoms. The molecular formula is C23H17FN2O6S2. The maximum absolute atomic E-state index is 15.0. The number of pyridine rings is 1. The molecule has 8 nitrogen and oxygen atoms in total. The number of ketones is 1. The summed E-state index contributed by atoms with van der Waals surface area (Å²) in [5.74, 6) is -2.21. The Morgan fingerprint density at radius 3 is 2.56 bits per heavy atom. The molecule has 4 aromatic rings. The monoisotopic (exact) mass is 500 g/mol. The van der Waals surface area contributed by atoms with E-state index in [0.717, 1.165) is 33.7 Å². The number of carbonyl (C=O) groups is 1. The third-order valence-electron chi connectivity index (χ3n) is 5.17. The third-order valence-corrected chi connectivity index (χ3v) is 8.34. The van der Waals surface area contributed by atoms with E-state index in [1.165, 1.54) is 30.3 Å². The van der Waals surface area contributed by atoms with Crippen molar-refractivity contribution in [3.05, 3.63) is 97.5 Å². The smallest absolute Gasteiger partial charge is 0.293 e. The van der Waals surface area contributed by atoms with Crippen LogP contribution in [0.4, 0.5) is 10.1 Å². The van der Waals surface area contributed by atoms with Crippen molar-refractivity contribution < 1.29 is 22.5 Å². The number of thiophene rings is 1. The van der Waals surface area contributed by atoms with Crippen LogP contribution in [0, 0.1) is 22.9 Å². The first-order chi connectivity index (χ1) is 16.1. The van der Waals surface area contributed by atoms with Crippen LogP contribution in [0.1, 0.15) is 11.1 Å². The van der Waals surface area contributed by atoms with Crippen molar-refractivity contribution in [2.24, 2.45) is 0 Å². The highest BCUT2D eigenvalue weighted by Gasteiger charge is 2.22. The summed E-state index contributed by atoms with van der Waals surface area (Å²) in [6.07, 6.45) is 0.648. The number of hydrogen-bond acceptors (Lipinski definition) is 7. The Hall–Kier alpha value is -3.70. The highest BCUT2D eigenvalue weighted by atomic mass is 32.2. The van der Waals surface area contributed by atoms with Crippen LogP contribution in [0.15, 0.2) is 69.1 Å². The summed E-state index contributed by atoms with van der Waals surface area (Å²) in [6, 6.07) is 11.2. The number of halogens is 1. The van der Waals surface area contributed by atoms with E-state index in [1.807, 2.05) is 0 Å². The Morgan fingerprint density at radius 2 is 1.91 bits per heavy atom. The van der Waals surface area contributed by atoms with Gasteiger partial charge in [0, 0.05) is 6.42 Å². The SMILES string of the molecule is Cc1ccc2c(=O)n(-c3ccc(CC(=O)CS(=O)(=O)c4cccs4)cc3F)cc([N+](=O)[O-])c2c1. The van der Waals surface area contributed by atoms with Crippen molar-refractivity contribution in [1.29, 1.82) is 0 Å². The zero-order valence-corrected chi connectivity index (χ0v) is 19.4. The Balaban J connectivity index is 1.67.